The Bertz CT molecular complexity index is 880. The van der Waals surface area contributed by atoms with E-state index in [1.54, 1.807) is 18.2 Å². The molecular weight excluding hydrogens is 370 g/mol. The molecule has 0 spiro atoms. The fraction of sp³-hybridized carbons (Fsp3) is 0.318. The first-order valence-corrected chi connectivity index (χ1v) is 9.38. The maximum Gasteiger partial charge on any atom is 0.338 e. The molecule has 0 saturated heterocycles. The van der Waals surface area contributed by atoms with Gasteiger partial charge in [0.15, 0.2) is 6.61 Å². The first-order valence-electron chi connectivity index (χ1n) is 9.38. The van der Waals surface area contributed by atoms with Crippen LogP contribution in [-0.4, -0.2) is 57.0 Å². The third kappa shape index (κ3) is 6.34. The van der Waals surface area contributed by atoms with E-state index < -0.39 is 18.5 Å². The maximum absolute atomic E-state index is 12.2. The number of hydrogen-bond acceptors (Lipinski definition) is 5. The molecule has 7 heteroatoms. The summed E-state index contributed by atoms with van der Waals surface area (Å²) in [6.45, 7) is 1.44. The van der Waals surface area contributed by atoms with Crippen LogP contribution in [0.1, 0.15) is 22.8 Å². The topological polar surface area (TPSA) is 79.0 Å². The van der Waals surface area contributed by atoms with Crippen LogP contribution in [0, 0.1) is 0 Å². The molecule has 2 aromatic carbocycles. The van der Waals surface area contributed by atoms with Gasteiger partial charge >= 0.3 is 5.97 Å². The molecule has 0 aromatic heterocycles. The van der Waals surface area contributed by atoms with Crippen LogP contribution >= 0.6 is 0 Å². The number of likely N-dealkylation sites (N-methyl/N-ethyl adjacent to an activating group) is 1. The zero-order valence-corrected chi connectivity index (χ0v) is 17.3. The van der Waals surface area contributed by atoms with Crippen molar-refractivity contribution in [2.75, 3.05) is 44.5 Å². The van der Waals surface area contributed by atoms with Crippen LogP contribution in [-0.2, 0) is 20.7 Å². The van der Waals surface area contributed by atoms with Crippen molar-refractivity contribution in [2.45, 2.75) is 13.3 Å². The normalized spacial score (nSPS) is 10.2. The first kappa shape index (κ1) is 21.9. The van der Waals surface area contributed by atoms with Crippen molar-refractivity contribution in [2.24, 2.45) is 0 Å². The van der Waals surface area contributed by atoms with E-state index in [0.717, 1.165) is 23.4 Å². The Labute approximate surface area is 171 Å². The summed E-state index contributed by atoms with van der Waals surface area (Å²) in [4.78, 5) is 39.7. The number of anilines is 2. The highest BCUT2D eigenvalue weighted by molar-refractivity contribution is 5.96. The molecule has 0 aliphatic rings. The van der Waals surface area contributed by atoms with Gasteiger partial charge in [-0.2, -0.15) is 0 Å². The van der Waals surface area contributed by atoms with Gasteiger partial charge in [-0.3, -0.25) is 9.59 Å². The molecule has 7 nitrogen and oxygen atoms in total. The van der Waals surface area contributed by atoms with Gasteiger partial charge in [-0.15, -0.1) is 0 Å². The summed E-state index contributed by atoms with van der Waals surface area (Å²) in [5, 5.41) is 2.81. The van der Waals surface area contributed by atoms with Crippen molar-refractivity contribution in [3.05, 3.63) is 59.7 Å². The lowest BCUT2D eigenvalue weighted by molar-refractivity contribution is -0.136. The van der Waals surface area contributed by atoms with Gasteiger partial charge in [0.1, 0.15) is 0 Å². The van der Waals surface area contributed by atoms with Crippen molar-refractivity contribution < 1.29 is 19.1 Å². The minimum Gasteiger partial charge on any atom is -0.452 e. The number of ether oxygens (including phenoxy) is 1. The average Bonchev–Trinajstić information content (AvgIpc) is 2.71. The Balaban J connectivity index is 1.86. The van der Waals surface area contributed by atoms with Crippen LogP contribution in [0.25, 0.3) is 0 Å². The Morgan fingerprint density at radius 3 is 2.41 bits per heavy atom. The summed E-state index contributed by atoms with van der Waals surface area (Å²) in [5.74, 6) is -1.36. The third-order valence-corrected chi connectivity index (χ3v) is 4.40. The highest BCUT2D eigenvalue weighted by Crippen LogP contribution is 2.16. The molecule has 0 aliphatic carbocycles. The molecule has 2 aromatic rings. The number of carbonyl (C=O) groups excluding carboxylic acids is 3. The Hall–Kier alpha value is -3.35. The number of carbonyl (C=O) groups is 3. The molecule has 0 aliphatic heterocycles. The summed E-state index contributed by atoms with van der Waals surface area (Å²) in [6, 6.07) is 14.4. The highest BCUT2D eigenvalue weighted by atomic mass is 16.5. The van der Waals surface area contributed by atoms with Crippen LogP contribution in [0.4, 0.5) is 11.4 Å². The summed E-state index contributed by atoms with van der Waals surface area (Å²) >= 11 is 0. The quantitative estimate of drug-likeness (QED) is 0.693. The number of rotatable bonds is 8. The molecule has 0 unspecified atom stereocenters. The Morgan fingerprint density at radius 1 is 1.00 bits per heavy atom. The largest absolute Gasteiger partial charge is 0.452 e. The number of esters is 1. The zero-order chi connectivity index (χ0) is 21.4. The predicted octanol–water partition coefficient (Wildman–Crippen LogP) is 2.57. The van der Waals surface area contributed by atoms with Gasteiger partial charge in [0.05, 0.1) is 12.1 Å². The van der Waals surface area contributed by atoms with Crippen LogP contribution in [0.3, 0.4) is 0 Å². The van der Waals surface area contributed by atoms with E-state index in [1.807, 2.05) is 56.3 Å². The number of para-hydroxylation sites is 1. The lowest BCUT2D eigenvalue weighted by Crippen LogP contribution is -2.37. The Kier molecular flexibility index (Phi) is 7.77. The predicted molar refractivity (Wildman–Crippen MR) is 113 cm³/mol. The molecule has 0 atom stereocenters. The molecular formula is C22H27N3O4. The van der Waals surface area contributed by atoms with Gasteiger partial charge in [0.25, 0.3) is 5.91 Å². The van der Waals surface area contributed by atoms with E-state index in [1.165, 1.54) is 11.9 Å². The van der Waals surface area contributed by atoms with E-state index in [4.69, 9.17) is 4.74 Å². The lowest BCUT2D eigenvalue weighted by atomic mass is 10.1. The number of nitrogens with one attached hydrogen (secondary N) is 1. The SMILES string of the molecule is CCc1ccccc1NC(=O)CN(C)C(=O)COC(=O)c1cccc(N(C)C)c1. The molecule has 2 amide bonds. The fourth-order valence-corrected chi connectivity index (χ4v) is 2.68. The van der Waals surface area contributed by atoms with Crippen LogP contribution in [0.15, 0.2) is 48.5 Å². The molecule has 0 saturated carbocycles. The minimum atomic E-state index is -0.586. The zero-order valence-electron chi connectivity index (χ0n) is 17.3. The van der Waals surface area contributed by atoms with Crippen LogP contribution < -0.4 is 10.2 Å². The van der Waals surface area contributed by atoms with Crippen LogP contribution in [0.2, 0.25) is 0 Å². The van der Waals surface area contributed by atoms with Gasteiger partial charge in [0, 0.05) is 32.5 Å². The summed E-state index contributed by atoms with van der Waals surface area (Å²) in [5.41, 5.74) is 2.96. The molecule has 29 heavy (non-hydrogen) atoms. The lowest BCUT2D eigenvalue weighted by Gasteiger charge is -2.18. The molecule has 2 rings (SSSR count). The van der Waals surface area contributed by atoms with E-state index in [0.29, 0.717) is 5.56 Å². The van der Waals surface area contributed by atoms with Crippen molar-refractivity contribution in [3.8, 4) is 0 Å². The van der Waals surface area contributed by atoms with Gasteiger partial charge in [-0.25, -0.2) is 4.79 Å². The summed E-state index contributed by atoms with van der Waals surface area (Å²) in [6.07, 6.45) is 0.788. The molecule has 0 fully saturated rings. The fourth-order valence-electron chi connectivity index (χ4n) is 2.68. The number of nitrogens with zero attached hydrogens (tertiary/aromatic N) is 2. The molecule has 0 heterocycles. The van der Waals surface area contributed by atoms with Gasteiger partial charge in [-0.1, -0.05) is 31.2 Å². The number of benzene rings is 2. The number of aryl methyl sites for hydroxylation is 1. The molecule has 0 radical (unpaired) electrons. The first-order chi connectivity index (χ1) is 13.8. The summed E-state index contributed by atoms with van der Waals surface area (Å²) in [7, 11) is 5.23. The number of amides is 2. The molecule has 1 N–H and O–H groups in total. The smallest absolute Gasteiger partial charge is 0.338 e. The van der Waals surface area contributed by atoms with Gasteiger partial charge < -0.3 is 19.9 Å². The van der Waals surface area contributed by atoms with Crippen molar-refractivity contribution >= 4 is 29.2 Å². The second-order valence-corrected chi connectivity index (χ2v) is 6.83. The van der Waals surface area contributed by atoms with E-state index >= 15 is 0 Å². The van der Waals surface area contributed by atoms with E-state index in [2.05, 4.69) is 5.32 Å². The van der Waals surface area contributed by atoms with E-state index in [-0.39, 0.29) is 12.5 Å². The average molecular weight is 397 g/mol. The molecule has 0 bridgehead atoms. The van der Waals surface area contributed by atoms with E-state index in [9.17, 15) is 14.4 Å². The second kappa shape index (κ2) is 10.3. The number of hydrogen-bond donors (Lipinski definition) is 1. The molecule has 154 valence electrons. The monoisotopic (exact) mass is 397 g/mol. The standard InChI is InChI=1S/C22H27N3O4/c1-5-16-9-6-7-12-19(16)23-20(26)14-25(4)21(27)15-29-22(28)17-10-8-11-18(13-17)24(2)3/h6-13H,5,14-15H2,1-4H3,(H,23,26). The van der Waals surface area contributed by atoms with Crippen LogP contribution in [0.5, 0.6) is 0 Å². The Morgan fingerprint density at radius 2 is 1.72 bits per heavy atom. The van der Waals surface area contributed by atoms with Crippen molar-refractivity contribution in [3.63, 3.8) is 0 Å². The minimum absolute atomic E-state index is 0.134. The second-order valence-electron chi connectivity index (χ2n) is 6.83. The van der Waals surface area contributed by atoms with Crippen molar-refractivity contribution in [1.29, 1.82) is 0 Å². The van der Waals surface area contributed by atoms with Gasteiger partial charge in [-0.05, 0) is 36.2 Å². The maximum atomic E-state index is 12.2. The highest BCUT2D eigenvalue weighted by Gasteiger charge is 2.17. The third-order valence-electron chi connectivity index (χ3n) is 4.40. The van der Waals surface area contributed by atoms with Crippen molar-refractivity contribution in [1.82, 2.24) is 4.90 Å². The summed E-state index contributed by atoms with van der Waals surface area (Å²) < 4.78 is 5.10. The van der Waals surface area contributed by atoms with Gasteiger partial charge in [0.2, 0.25) is 5.91 Å².